The molecule has 2 rings (SSSR count). The van der Waals surface area contributed by atoms with Crippen LogP contribution in [-0.4, -0.2) is 61.5 Å². The van der Waals surface area contributed by atoms with Gasteiger partial charge in [-0.15, -0.1) is 0 Å². The zero-order valence-corrected chi connectivity index (χ0v) is 13.8. The van der Waals surface area contributed by atoms with Gasteiger partial charge in [0.15, 0.2) is 9.84 Å². The van der Waals surface area contributed by atoms with Crippen molar-refractivity contribution in [1.29, 1.82) is 0 Å². The van der Waals surface area contributed by atoms with Crippen molar-refractivity contribution in [3.63, 3.8) is 0 Å². The number of halogens is 1. The first-order valence-electron chi connectivity index (χ1n) is 7.28. The van der Waals surface area contributed by atoms with Crippen LogP contribution in [0.3, 0.4) is 0 Å². The quantitative estimate of drug-likeness (QED) is 0.809. The molecule has 2 amide bonds. The number of amides is 2. The second kappa shape index (κ2) is 6.66. The lowest BCUT2D eigenvalue weighted by molar-refractivity contribution is -0.137. The van der Waals surface area contributed by atoms with Crippen LogP contribution in [0.4, 0.5) is 4.39 Å². The maximum atomic E-state index is 13.7. The summed E-state index contributed by atoms with van der Waals surface area (Å²) in [6.07, 6.45) is 0. The lowest BCUT2D eigenvalue weighted by Crippen LogP contribution is -2.53. The fourth-order valence-corrected chi connectivity index (χ4v) is 3.90. The predicted molar refractivity (Wildman–Crippen MR) is 81.9 cm³/mol. The van der Waals surface area contributed by atoms with Crippen molar-refractivity contribution in [3.8, 4) is 0 Å². The number of rotatable bonds is 3. The van der Waals surface area contributed by atoms with Crippen molar-refractivity contribution < 1.29 is 22.4 Å². The van der Waals surface area contributed by atoms with E-state index < -0.39 is 31.7 Å². The average molecular weight is 342 g/mol. The Balaban J connectivity index is 2.14. The Labute approximate surface area is 134 Å². The third-order valence-electron chi connectivity index (χ3n) is 3.99. The number of hydrogen-bond acceptors (Lipinski definition) is 4. The van der Waals surface area contributed by atoms with Crippen LogP contribution in [0.15, 0.2) is 29.2 Å². The van der Waals surface area contributed by atoms with Crippen LogP contribution in [0.5, 0.6) is 0 Å². The lowest BCUT2D eigenvalue weighted by Gasteiger charge is -2.35. The van der Waals surface area contributed by atoms with Crippen LogP contribution in [0.25, 0.3) is 0 Å². The minimum absolute atomic E-state index is 0.0795. The fourth-order valence-electron chi connectivity index (χ4n) is 2.50. The molecule has 0 radical (unpaired) electrons. The Bertz CT molecular complexity index is 712. The maximum Gasteiger partial charge on any atom is 0.241 e. The van der Waals surface area contributed by atoms with Gasteiger partial charge in [0.05, 0.1) is 0 Å². The zero-order valence-electron chi connectivity index (χ0n) is 13.0. The van der Waals surface area contributed by atoms with E-state index in [0.29, 0.717) is 13.1 Å². The molecule has 23 heavy (non-hydrogen) atoms. The Morgan fingerprint density at radius 3 is 2.13 bits per heavy atom. The lowest BCUT2D eigenvalue weighted by atomic mass is 10.3. The molecule has 1 fully saturated rings. The summed E-state index contributed by atoms with van der Waals surface area (Å²) in [6, 6.07) is 5.01. The van der Waals surface area contributed by atoms with E-state index in [0.717, 1.165) is 12.1 Å². The first-order valence-corrected chi connectivity index (χ1v) is 8.82. The molecule has 1 aromatic carbocycles. The van der Waals surface area contributed by atoms with Crippen LogP contribution in [-0.2, 0) is 19.4 Å². The molecule has 6 nitrogen and oxygen atoms in total. The summed E-state index contributed by atoms with van der Waals surface area (Å²) in [6.45, 7) is 4.00. The highest BCUT2D eigenvalue weighted by molar-refractivity contribution is 7.92. The van der Waals surface area contributed by atoms with Crippen molar-refractivity contribution in [2.24, 2.45) is 0 Å². The standard InChI is InChI=1S/C15H19FN2O4S/c1-11(23(21,22)14-6-4-3-5-13(14)16)15(20)18-9-7-17(8-10-18)12(2)19/h3-6,11H,7-10H2,1-2H3/t11-/m0/s1. The van der Waals surface area contributed by atoms with Crippen LogP contribution < -0.4 is 0 Å². The van der Waals surface area contributed by atoms with Gasteiger partial charge in [-0.3, -0.25) is 9.59 Å². The van der Waals surface area contributed by atoms with Crippen molar-refractivity contribution in [3.05, 3.63) is 30.1 Å². The van der Waals surface area contributed by atoms with E-state index in [2.05, 4.69) is 0 Å². The molecule has 0 bridgehead atoms. The molecule has 0 saturated carbocycles. The number of piperazine rings is 1. The number of carbonyl (C=O) groups excluding carboxylic acids is 2. The molecule has 0 unspecified atom stereocenters. The van der Waals surface area contributed by atoms with Crippen LogP contribution >= 0.6 is 0 Å². The minimum atomic E-state index is -4.09. The van der Waals surface area contributed by atoms with Gasteiger partial charge in [0.1, 0.15) is 16.0 Å². The van der Waals surface area contributed by atoms with E-state index in [-0.39, 0.29) is 19.0 Å². The molecule has 0 aromatic heterocycles. The Morgan fingerprint density at radius 1 is 1.09 bits per heavy atom. The SMILES string of the molecule is CC(=O)N1CCN(C(=O)[C@H](C)S(=O)(=O)c2ccccc2F)CC1. The predicted octanol–water partition coefficient (Wildman–Crippen LogP) is 0.679. The number of nitrogens with zero attached hydrogens (tertiary/aromatic N) is 2. The minimum Gasteiger partial charge on any atom is -0.339 e. The number of sulfone groups is 1. The topological polar surface area (TPSA) is 74.8 Å². The smallest absolute Gasteiger partial charge is 0.241 e. The van der Waals surface area contributed by atoms with E-state index in [1.807, 2.05) is 0 Å². The zero-order chi connectivity index (χ0) is 17.2. The van der Waals surface area contributed by atoms with Crippen LogP contribution in [0.2, 0.25) is 0 Å². The molecule has 1 heterocycles. The van der Waals surface area contributed by atoms with E-state index in [1.54, 1.807) is 4.90 Å². The molecule has 8 heteroatoms. The van der Waals surface area contributed by atoms with Crippen LogP contribution in [0.1, 0.15) is 13.8 Å². The molecule has 0 aliphatic carbocycles. The fraction of sp³-hybridized carbons (Fsp3) is 0.467. The number of carbonyl (C=O) groups is 2. The Morgan fingerprint density at radius 2 is 1.61 bits per heavy atom. The normalized spacial score (nSPS) is 17.0. The molecule has 0 spiro atoms. The van der Waals surface area contributed by atoms with E-state index in [9.17, 15) is 22.4 Å². The molecule has 1 saturated heterocycles. The summed E-state index contributed by atoms with van der Waals surface area (Å²) >= 11 is 0. The molecule has 1 atom stereocenters. The van der Waals surface area contributed by atoms with E-state index >= 15 is 0 Å². The van der Waals surface area contributed by atoms with Gasteiger partial charge >= 0.3 is 0 Å². The third-order valence-corrected chi connectivity index (χ3v) is 6.07. The number of hydrogen-bond donors (Lipinski definition) is 0. The summed E-state index contributed by atoms with van der Waals surface area (Å²) < 4.78 is 38.7. The first kappa shape index (κ1) is 17.4. The largest absolute Gasteiger partial charge is 0.339 e. The second-order valence-electron chi connectivity index (χ2n) is 5.45. The van der Waals surface area contributed by atoms with Gasteiger partial charge in [0, 0.05) is 33.1 Å². The van der Waals surface area contributed by atoms with Gasteiger partial charge < -0.3 is 9.80 Å². The maximum absolute atomic E-state index is 13.7. The van der Waals surface area contributed by atoms with Gasteiger partial charge in [-0.05, 0) is 19.1 Å². The van der Waals surface area contributed by atoms with Gasteiger partial charge in [-0.25, -0.2) is 12.8 Å². The summed E-state index contributed by atoms with van der Waals surface area (Å²) in [5, 5.41) is -1.37. The highest BCUT2D eigenvalue weighted by Gasteiger charge is 2.35. The van der Waals surface area contributed by atoms with Gasteiger partial charge in [-0.2, -0.15) is 0 Å². The molecule has 1 aliphatic rings. The van der Waals surface area contributed by atoms with Crippen molar-refractivity contribution in [2.45, 2.75) is 24.0 Å². The summed E-state index contributed by atoms with van der Waals surface area (Å²) in [7, 11) is -4.09. The second-order valence-corrected chi connectivity index (χ2v) is 7.69. The average Bonchev–Trinajstić information content (AvgIpc) is 2.53. The molecular formula is C15H19FN2O4S. The van der Waals surface area contributed by atoms with Gasteiger partial charge in [-0.1, -0.05) is 12.1 Å². The highest BCUT2D eigenvalue weighted by Crippen LogP contribution is 2.21. The van der Waals surface area contributed by atoms with Crippen LogP contribution in [0, 0.1) is 5.82 Å². The van der Waals surface area contributed by atoms with E-state index in [1.165, 1.54) is 30.9 Å². The Hall–Kier alpha value is -1.96. The molecule has 1 aliphatic heterocycles. The number of benzene rings is 1. The van der Waals surface area contributed by atoms with E-state index in [4.69, 9.17) is 0 Å². The summed E-state index contributed by atoms with van der Waals surface area (Å²) in [5.74, 6) is -1.52. The molecular weight excluding hydrogens is 323 g/mol. The summed E-state index contributed by atoms with van der Waals surface area (Å²) in [5.41, 5.74) is 0. The van der Waals surface area contributed by atoms with Gasteiger partial charge in [0.2, 0.25) is 11.8 Å². The molecule has 126 valence electrons. The first-order chi connectivity index (χ1) is 10.7. The van der Waals surface area contributed by atoms with Crippen molar-refractivity contribution in [2.75, 3.05) is 26.2 Å². The molecule has 1 aromatic rings. The van der Waals surface area contributed by atoms with Gasteiger partial charge in [0.25, 0.3) is 0 Å². The third kappa shape index (κ3) is 3.52. The highest BCUT2D eigenvalue weighted by atomic mass is 32.2. The monoisotopic (exact) mass is 342 g/mol. The van der Waals surface area contributed by atoms with Crippen molar-refractivity contribution in [1.82, 2.24) is 9.80 Å². The molecule has 0 N–H and O–H groups in total. The Kier molecular flexibility index (Phi) is 5.03. The summed E-state index contributed by atoms with van der Waals surface area (Å²) in [4.78, 5) is 26.2. The van der Waals surface area contributed by atoms with Crippen molar-refractivity contribution >= 4 is 21.7 Å².